The van der Waals surface area contributed by atoms with Crippen LogP contribution >= 0.6 is 11.6 Å². The van der Waals surface area contributed by atoms with Crippen molar-refractivity contribution < 1.29 is 0 Å². The predicted molar refractivity (Wildman–Crippen MR) is 64.2 cm³/mol. The normalized spacial score (nSPS) is 10.7. The quantitative estimate of drug-likeness (QED) is 0.803. The van der Waals surface area contributed by atoms with Gasteiger partial charge in [0.1, 0.15) is 11.0 Å². The fourth-order valence-electron chi connectivity index (χ4n) is 1.18. The lowest BCUT2D eigenvalue weighted by atomic mass is 10.1. The Morgan fingerprint density at radius 2 is 2.13 bits per heavy atom. The predicted octanol–water partition coefficient (Wildman–Crippen LogP) is 2.19. The van der Waals surface area contributed by atoms with E-state index in [1.54, 1.807) is 6.07 Å². The van der Waals surface area contributed by atoms with Gasteiger partial charge in [0.25, 0.3) is 0 Å². The number of rotatable bonds is 4. The van der Waals surface area contributed by atoms with Crippen molar-refractivity contribution in [2.45, 2.75) is 20.3 Å². The Morgan fingerprint density at radius 3 is 2.67 bits per heavy atom. The van der Waals surface area contributed by atoms with Gasteiger partial charge in [-0.05, 0) is 12.3 Å². The standard InChI is InChI=1S/C10H17ClN4/c1-7(2)4-5-15(3)9-6-8(11)13-10(12)14-9/h6-7H,4-5H2,1-3H3,(H2,12,13,14). The summed E-state index contributed by atoms with van der Waals surface area (Å²) in [7, 11) is 1.97. The number of anilines is 2. The number of hydrogen-bond donors (Lipinski definition) is 1. The number of halogens is 1. The molecule has 0 aliphatic heterocycles. The van der Waals surface area contributed by atoms with Gasteiger partial charge >= 0.3 is 0 Å². The molecule has 1 aromatic rings. The molecule has 0 amide bonds. The highest BCUT2D eigenvalue weighted by Gasteiger charge is 2.06. The molecule has 0 unspecified atom stereocenters. The van der Waals surface area contributed by atoms with Gasteiger partial charge in [-0.2, -0.15) is 4.98 Å². The Balaban J connectivity index is 2.68. The van der Waals surface area contributed by atoms with Crippen molar-refractivity contribution in [3.05, 3.63) is 11.2 Å². The van der Waals surface area contributed by atoms with Gasteiger partial charge in [-0.15, -0.1) is 0 Å². The van der Waals surface area contributed by atoms with Crippen LogP contribution in [0, 0.1) is 5.92 Å². The molecule has 0 fully saturated rings. The highest BCUT2D eigenvalue weighted by Crippen LogP contribution is 2.16. The van der Waals surface area contributed by atoms with Crippen molar-refractivity contribution in [2.24, 2.45) is 5.92 Å². The molecular formula is C10H17ClN4. The molecule has 0 aromatic carbocycles. The van der Waals surface area contributed by atoms with Gasteiger partial charge in [-0.3, -0.25) is 0 Å². The maximum absolute atomic E-state index is 5.80. The van der Waals surface area contributed by atoms with E-state index in [-0.39, 0.29) is 5.95 Å². The molecule has 0 saturated heterocycles. The lowest BCUT2D eigenvalue weighted by molar-refractivity contribution is 0.583. The Kier molecular flexibility index (Phi) is 4.15. The Hall–Kier alpha value is -1.03. The van der Waals surface area contributed by atoms with Gasteiger partial charge in [0.2, 0.25) is 5.95 Å². The minimum Gasteiger partial charge on any atom is -0.368 e. The van der Waals surface area contributed by atoms with Crippen LogP contribution in [0.4, 0.5) is 11.8 Å². The fraction of sp³-hybridized carbons (Fsp3) is 0.600. The lowest BCUT2D eigenvalue weighted by Crippen LogP contribution is -2.21. The van der Waals surface area contributed by atoms with Gasteiger partial charge in [-0.1, -0.05) is 25.4 Å². The van der Waals surface area contributed by atoms with Crippen LogP contribution in [0.25, 0.3) is 0 Å². The number of nitrogen functional groups attached to an aromatic ring is 1. The van der Waals surface area contributed by atoms with Gasteiger partial charge in [0.05, 0.1) is 0 Å². The maximum Gasteiger partial charge on any atom is 0.223 e. The summed E-state index contributed by atoms with van der Waals surface area (Å²) < 4.78 is 0. The fourth-order valence-corrected chi connectivity index (χ4v) is 1.37. The summed E-state index contributed by atoms with van der Waals surface area (Å²) in [6, 6.07) is 1.72. The van der Waals surface area contributed by atoms with Crippen LogP contribution in [0.1, 0.15) is 20.3 Å². The summed E-state index contributed by atoms with van der Waals surface area (Å²) >= 11 is 5.80. The van der Waals surface area contributed by atoms with Crippen LogP contribution < -0.4 is 10.6 Å². The van der Waals surface area contributed by atoms with Gasteiger partial charge in [0.15, 0.2) is 0 Å². The Morgan fingerprint density at radius 1 is 1.47 bits per heavy atom. The Labute approximate surface area is 95.5 Å². The topological polar surface area (TPSA) is 55.0 Å². The number of nitrogens with zero attached hydrogens (tertiary/aromatic N) is 3. The summed E-state index contributed by atoms with van der Waals surface area (Å²) in [5.41, 5.74) is 5.52. The smallest absolute Gasteiger partial charge is 0.223 e. The minimum atomic E-state index is 0.217. The van der Waals surface area contributed by atoms with E-state index in [1.165, 1.54) is 0 Å². The van der Waals surface area contributed by atoms with Gasteiger partial charge in [0, 0.05) is 19.7 Å². The minimum absolute atomic E-state index is 0.217. The molecule has 0 aliphatic rings. The largest absolute Gasteiger partial charge is 0.368 e. The average Bonchev–Trinajstić information content (AvgIpc) is 2.12. The number of aromatic nitrogens is 2. The second kappa shape index (κ2) is 5.16. The van der Waals surface area contributed by atoms with E-state index in [4.69, 9.17) is 17.3 Å². The summed E-state index contributed by atoms with van der Waals surface area (Å²) in [6.45, 7) is 5.31. The first-order valence-electron chi connectivity index (χ1n) is 5.00. The zero-order valence-electron chi connectivity index (χ0n) is 9.37. The summed E-state index contributed by atoms with van der Waals surface area (Å²) in [4.78, 5) is 9.97. The van der Waals surface area contributed by atoms with Crippen LogP contribution in [-0.2, 0) is 0 Å². The first-order chi connectivity index (χ1) is 6.99. The van der Waals surface area contributed by atoms with Crippen molar-refractivity contribution in [2.75, 3.05) is 24.2 Å². The third-order valence-corrected chi connectivity index (χ3v) is 2.33. The number of nitrogens with two attached hydrogens (primary N) is 1. The van der Waals surface area contributed by atoms with Crippen molar-refractivity contribution in [1.82, 2.24) is 9.97 Å². The van der Waals surface area contributed by atoms with E-state index in [0.717, 1.165) is 18.8 Å². The highest BCUT2D eigenvalue weighted by molar-refractivity contribution is 6.29. The van der Waals surface area contributed by atoms with Crippen molar-refractivity contribution in [1.29, 1.82) is 0 Å². The van der Waals surface area contributed by atoms with E-state index in [2.05, 4.69) is 23.8 Å². The zero-order valence-corrected chi connectivity index (χ0v) is 10.1. The molecular weight excluding hydrogens is 212 g/mol. The lowest BCUT2D eigenvalue weighted by Gasteiger charge is -2.19. The van der Waals surface area contributed by atoms with Gasteiger partial charge in [-0.25, -0.2) is 4.98 Å². The van der Waals surface area contributed by atoms with Crippen molar-refractivity contribution in [3.8, 4) is 0 Å². The van der Waals surface area contributed by atoms with E-state index in [1.807, 2.05) is 11.9 Å². The molecule has 1 heterocycles. The van der Waals surface area contributed by atoms with Crippen LogP contribution in [0.3, 0.4) is 0 Å². The second-order valence-corrected chi connectivity index (χ2v) is 4.40. The first kappa shape index (κ1) is 12.0. The van der Waals surface area contributed by atoms with Crippen LogP contribution in [-0.4, -0.2) is 23.6 Å². The van der Waals surface area contributed by atoms with E-state index in [9.17, 15) is 0 Å². The van der Waals surface area contributed by atoms with Crippen molar-refractivity contribution >= 4 is 23.4 Å². The van der Waals surface area contributed by atoms with Crippen LogP contribution in [0.5, 0.6) is 0 Å². The molecule has 0 saturated carbocycles. The molecule has 0 aliphatic carbocycles. The molecule has 0 bridgehead atoms. The van der Waals surface area contributed by atoms with E-state index >= 15 is 0 Å². The number of hydrogen-bond acceptors (Lipinski definition) is 4. The molecule has 0 atom stereocenters. The maximum atomic E-state index is 5.80. The van der Waals surface area contributed by atoms with Gasteiger partial charge < -0.3 is 10.6 Å². The second-order valence-electron chi connectivity index (χ2n) is 4.01. The Bertz CT molecular complexity index is 307. The molecule has 1 rings (SSSR count). The summed E-state index contributed by atoms with van der Waals surface area (Å²) in [5.74, 6) is 1.66. The molecule has 4 nitrogen and oxygen atoms in total. The average molecular weight is 229 g/mol. The molecule has 15 heavy (non-hydrogen) atoms. The molecule has 84 valence electrons. The monoisotopic (exact) mass is 228 g/mol. The molecule has 2 N–H and O–H groups in total. The van der Waals surface area contributed by atoms with E-state index in [0.29, 0.717) is 11.1 Å². The van der Waals surface area contributed by atoms with Crippen LogP contribution in [0.15, 0.2) is 6.07 Å². The summed E-state index contributed by atoms with van der Waals surface area (Å²) in [6.07, 6.45) is 1.11. The summed E-state index contributed by atoms with van der Waals surface area (Å²) in [5, 5.41) is 0.383. The molecule has 1 aromatic heterocycles. The van der Waals surface area contributed by atoms with Crippen LogP contribution in [0.2, 0.25) is 5.15 Å². The zero-order chi connectivity index (χ0) is 11.4. The van der Waals surface area contributed by atoms with Crippen molar-refractivity contribution in [3.63, 3.8) is 0 Å². The third kappa shape index (κ3) is 3.91. The molecule has 0 spiro atoms. The molecule has 5 heteroatoms. The molecule has 0 radical (unpaired) electrons. The third-order valence-electron chi connectivity index (χ3n) is 2.13. The highest BCUT2D eigenvalue weighted by atomic mass is 35.5. The van der Waals surface area contributed by atoms with E-state index < -0.39 is 0 Å². The first-order valence-corrected chi connectivity index (χ1v) is 5.38. The SMILES string of the molecule is CC(C)CCN(C)c1cc(Cl)nc(N)n1.